The molecule has 39 heavy (non-hydrogen) atoms. The number of pyridine rings is 2. The monoisotopic (exact) mass is 565 g/mol. The van der Waals surface area contributed by atoms with E-state index in [-0.39, 0.29) is 11.5 Å². The Balaban J connectivity index is 1.42. The Hall–Kier alpha value is -3.59. The molecule has 4 aromatic rings. The molecule has 202 valence electrons. The number of H-pyrrole nitrogens is 1. The van der Waals surface area contributed by atoms with Crippen LogP contribution in [0.3, 0.4) is 0 Å². The minimum Gasteiger partial charge on any atom is -0.495 e. The molecule has 1 aliphatic heterocycles. The van der Waals surface area contributed by atoms with Gasteiger partial charge in [0.05, 0.1) is 18.2 Å². The van der Waals surface area contributed by atoms with E-state index in [0.717, 1.165) is 25.2 Å². The van der Waals surface area contributed by atoms with Crippen molar-refractivity contribution in [3.63, 3.8) is 0 Å². The van der Waals surface area contributed by atoms with Crippen molar-refractivity contribution < 1.29 is 9.53 Å². The van der Waals surface area contributed by atoms with E-state index >= 15 is 0 Å². The maximum atomic E-state index is 12.8. The number of halogens is 2. The van der Waals surface area contributed by atoms with E-state index in [1.165, 1.54) is 20.0 Å². The smallest absolute Gasteiger partial charge is 0.259 e. The number of rotatable bonds is 9. The third-order valence-electron chi connectivity index (χ3n) is 6.86. The zero-order valence-corrected chi connectivity index (χ0v) is 23.0. The summed E-state index contributed by atoms with van der Waals surface area (Å²) in [4.78, 5) is 35.4. The number of amides is 1. The fourth-order valence-corrected chi connectivity index (χ4v) is 5.36. The topological polar surface area (TPSA) is 99.3 Å². The first kappa shape index (κ1) is 27.0. The second-order valence-electron chi connectivity index (χ2n) is 9.45. The average molecular weight is 566 g/mol. The summed E-state index contributed by atoms with van der Waals surface area (Å²) < 4.78 is 5.59. The zero-order valence-electron chi connectivity index (χ0n) is 21.5. The lowest BCUT2D eigenvalue weighted by atomic mass is 10.1. The summed E-state index contributed by atoms with van der Waals surface area (Å²) >= 11 is 12.8. The van der Waals surface area contributed by atoms with Crippen LogP contribution in [0.4, 0.5) is 11.5 Å². The van der Waals surface area contributed by atoms with Crippen molar-refractivity contribution in [2.75, 3.05) is 38.6 Å². The Labute approximate surface area is 236 Å². The van der Waals surface area contributed by atoms with Crippen LogP contribution in [-0.2, 0) is 6.42 Å². The van der Waals surface area contributed by atoms with Crippen molar-refractivity contribution >= 4 is 51.4 Å². The molecular weight excluding hydrogens is 537 g/mol. The molecule has 1 aliphatic rings. The number of anilines is 2. The number of fused-ring (bicyclic) bond motifs is 1. The average Bonchev–Trinajstić information content (AvgIpc) is 3.44. The van der Waals surface area contributed by atoms with Crippen LogP contribution in [-0.4, -0.2) is 54.1 Å². The van der Waals surface area contributed by atoms with Gasteiger partial charge in [0.15, 0.2) is 0 Å². The normalized spacial score (nSPS) is 13.5. The summed E-state index contributed by atoms with van der Waals surface area (Å²) in [5.41, 5.74) is 2.20. The van der Waals surface area contributed by atoms with Crippen LogP contribution in [0.1, 0.15) is 34.5 Å². The molecule has 10 heteroatoms. The van der Waals surface area contributed by atoms with Crippen LogP contribution in [0.15, 0.2) is 59.5 Å². The fraction of sp³-hybridized carbons (Fsp3) is 0.276. The first-order chi connectivity index (χ1) is 18.9. The molecule has 1 amide bonds. The molecule has 1 fully saturated rings. The molecule has 1 saturated heterocycles. The third kappa shape index (κ3) is 6.19. The Morgan fingerprint density at radius 1 is 1.10 bits per heavy atom. The fourth-order valence-electron chi connectivity index (χ4n) is 4.83. The van der Waals surface area contributed by atoms with Crippen LogP contribution < -0.4 is 20.9 Å². The summed E-state index contributed by atoms with van der Waals surface area (Å²) in [6.45, 7) is 3.60. The molecule has 0 saturated carbocycles. The van der Waals surface area contributed by atoms with Crippen LogP contribution in [0.2, 0.25) is 10.0 Å². The molecule has 0 aliphatic carbocycles. The summed E-state index contributed by atoms with van der Waals surface area (Å²) in [5.74, 6) is 0.635. The molecule has 5 rings (SSSR count). The Kier molecular flexibility index (Phi) is 8.35. The van der Waals surface area contributed by atoms with Gasteiger partial charge in [0.25, 0.3) is 11.5 Å². The molecule has 0 radical (unpaired) electrons. The lowest BCUT2D eigenvalue weighted by Crippen LogP contribution is -2.33. The van der Waals surface area contributed by atoms with Gasteiger partial charge in [-0.1, -0.05) is 29.3 Å². The number of hydrogen-bond acceptors (Lipinski definition) is 6. The van der Waals surface area contributed by atoms with Crippen molar-refractivity contribution in [3.05, 3.63) is 91.9 Å². The van der Waals surface area contributed by atoms with Gasteiger partial charge in [-0.05, 0) is 79.3 Å². The third-order valence-corrected chi connectivity index (χ3v) is 7.56. The van der Waals surface area contributed by atoms with Crippen LogP contribution >= 0.6 is 23.2 Å². The summed E-state index contributed by atoms with van der Waals surface area (Å²) in [6.07, 6.45) is 4.40. The van der Waals surface area contributed by atoms with E-state index in [1.807, 2.05) is 12.1 Å². The second kappa shape index (κ2) is 12.1. The number of aromatic amines is 1. The van der Waals surface area contributed by atoms with Gasteiger partial charge in [-0.25, -0.2) is 4.98 Å². The standard InChI is InChI=1S/C29H29Cl2N5O3/c1-39-25-16-19(28(37)33-11-14-36-12-2-3-13-36)7-8-24(25)35-27-26-18(9-10-32-29(26)38)15-20(34-27)17-21-22(30)5-4-6-23(21)31/h4-10,15-16H,2-3,11-14,17H2,1H3,(H,32,38)(H,33,37)(H,34,35). The number of nitrogens with one attached hydrogen (secondary N) is 3. The van der Waals surface area contributed by atoms with Crippen LogP contribution in [0.5, 0.6) is 5.75 Å². The molecular formula is C29H29Cl2N5O3. The number of likely N-dealkylation sites (tertiary alicyclic amines) is 1. The van der Waals surface area contributed by atoms with Crippen LogP contribution in [0.25, 0.3) is 10.8 Å². The van der Waals surface area contributed by atoms with Crippen molar-refractivity contribution in [1.29, 1.82) is 0 Å². The predicted molar refractivity (Wildman–Crippen MR) is 156 cm³/mol. The molecule has 0 atom stereocenters. The first-order valence-corrected chi connectivity index (χ1v) is 13.6. The molecule has 3 N–H and O–H groups in total. The number of benzene rings is 2. The highest BCUT2D eigenvalue weighted by molar-refractivity contribution is 6.36. The lowest BCUT2D eigenvalue weighted by Gasteiger charge is -2.16. The van der Waals surface area contributed by atoms with E-state index in [9.17, 15) is 9.59 Å². The van der Waals surface area contributed by atoms with Gasteiger partial charge in [0.2, 0.25) is 0 Å². The van der Waals surface area contributed by atoms with E-state index in [0.29, 0.717) is 62.3 Å². The predicted octanol–water partition coefficient (Wildman–Crippen LogP) is 5.40. The summed E-state index contributed by atoms with van der Waals surface area (Å²) in [5, 5.41) is 8.43. The van der Waals surface area contributed by atoms with Crippen LogP contribution in [0, 0.1) is 0 Å². The van der Waals surface area contributed by atoms with Crippen molar-refractivity contribution in [3.8, 4) is 5.75 Å². The minimum absolute atomic E-state index is 0.169. The SMILES string of the molecule is COc1cc(C(=O)NCCN2CCCC2)ccc1Nc1nc(Cc2c(Cl)cccc2Cl)cc2cc[nH]c(=O)c12. The van der Waals surface area contributed by atoms with Gasteiger partial charge in [-0.15, -0.1) is 0 Å². The van der Waals surface area contributed by atoms with E-state index < -0.39 is 0 Å². The minimum atomic E-state index is -0.280. The van der Waals surface area contributed by atoms with Gasteiger partial charge >= 0.3 is 0 Å². The van der Waals surface area contributed by atoms with E-state index in [4.69, 9.17) is 32.9 Å². The molecule has 0 unspecified atom stereocenters. The van der Waals surface area contributed by atoms with Gasteiger partial charge in [0.1, 0.15) is 11.6 Å². The zero-order chi connectivity index (χ0) is 27.4. The molecule has 3 heterocycles. The number of nitrogens with zero attached hydrogens (tertiary/aromatic N) is 2. The molecule has 2 aromatic heterocycles. The Morgan fingerprint density at radius 3 is 2.62 bits per heavy atom. The highest BCUT2D eigenvalue weighted by Gasteiger charge is 2.17. The van der Waals surface area contributed by atoms with Crippen molar-refractivity contribution in [1.82, 2.24) is 20.2 Å². The van der Waals surface area contributed by atoms with Crippen molar-refractivity contribution in [2.24, 2.45) is 0 Å². The largest absolute Gasteiger partial charge is 0.495 e. The van der Waals surface area contributed by atoms with Crippen molar-refractivity contribution in [2.45, 2.75) is 19.3 Å². The maximum Gasteiger partial charge on any atom is 0.259 e. The lowest BCUT2D eigenvalue weighted by molar-refractivity contribution is 0.0949. The Bertz CT molecular complexity index is 1550. The maximum absolute atomic E-state index is 12.8. The number of methoxy groups -OCH3 is 1. The van der Waals surface area contributed by atoms with Gasteiger partial charge in [-0.3, -0.25) is 9.59 Å². The summed E-state index contributed by atoms with van der Waals surface area (Å²) in [7, 11) is 1.53. The molecule has 8 nitrogen and oxygen atoms in total. The first-order valence-electron chi connectivity index (χ1n) is 12.8. The second-order valence-corrected chi connectivity index (χ2v) is 10.3. The van der Waals surface area contributed by atoms with E-state index in [1.54, 1.807) is 42.6 Å². The molecule has 0 spiro atoms. The number of ether oxygens (including phenoxy) is 1. The number of aromatic nitrogens is 2. The quantitative estimate of drug-likeness (QED) is 0.251. The van der Waals surface area contributed by atoms with E-state index in [2.05, 4.69) is 20.5 Å². The molecule has 2 aromatic carbocycles. The van der Waals surface area contributed by atoms with Gasteiger partial charge in [0, 0.05) is 47.0 Å². The summed E-state index contributed by atoms with van der Waals surface area (Å²) in [6, 6.07) is 14.2. The number of carbonyl (C=O) groups excluding carboxylic acids is 1. The number of hydrogen-bond donors (Lipinski definition) is 3. The highest BCUT2D eigenvalue weighted by Crippen LogP contribution is 2.32. The number of carbonyl (C=O) groups is 1. The highest BCUT2D eigenvalue weighted by atomic mass is 35.5. The van der Waals surface area contributed by atoms with Gasteiger partial charge < -0.3 is 25.3 Å². The Morgan fingerprint density at radius 2 is 1.87 bits per heavy atom. The molecule has 0 bridgehead atoms. The van der Waals surface area contributed by atoms with Gasteiger partial charge in [-0.2, -0.15) is 0 Å².